The minimum atomic E-state index is -1.15. The van der Waals surface area contributed by atoms with Gasteiger partial charge in [0.2, 0.25) is 11.8 Å². The van der Waals surface area contributed by atoms with Gasteiger partial charge in [0.25, 0.3) is 0 Å². The maximum absolute atomic E-state index is 14.0. The van der Waals surface area contributed by atoms with Gasteiger partial charge in [0.1, 0.15) is 6.04 Å². The molecule has 0 radical (unpaired) electrons. The van der Waals surface area contributed by atoms with Crippen molar-refractivity contribution in [2.75, 3.05) is 25.2 Å². The van der Waals surface area contributed by atoms with Crippen LogP contribution in [0.15, 0.2) is 60.7 Å². The molecule has 0 aliphatic carbocycles. The van der Waals surface area contributed by atoms with E-state index in [1.165, 1.54) is 0 Å². The van der Waals surface area contributed by atoms with Crippen LogP contribution in [0.2, 0.25) is 0 Å². The second-order valence-electron chi connectivity index (χ2n) is 9.75. The van der Waals surface area contributed by atoms with Crippen molar-refractivity contribution in [1.82, 2.24) is 10.6 Å². The van der Waals surface area contributed by atoms with Gasteiger partial charge in [-0.3, -0.25) is 9.59 Å². The first-order chi connectivity index (χ1) is 17.9. The molecule has 5 rings (SSSR count). The van der Waals surface area contributed by atoms with Crippen molar-refractivity contribution in [3.8, 4) is 11.8 Å². The number of benzene rings is 3. The summed E-state index contributed by atoms with van der Waals surface area (Å²) in [5.74, 6) is 5.76. The first-order valence-electron chi connectivity index (χ1n) is 12.6. The monoisotopic (exact) mass is 497 g/mol. The highest BCUT2D eigenvalue weighted by Crippen LogP contribution is 2.31. The molecule has 7 heteroatoms. The van der Waals surface area contributed by atoms with Crippen LogP contribution in [0.3, 0.4) is 0 Å². The van der Waals surface area contributed by atoms with Crippen LogP contribution in [-0.2, 0) is 27.3 Å². The Labute approximate surface area is 216 Å². The molecule has 7 nitrogen and oxygen atoms in total. The smallest absolute Gasteiger partial charge is 0.249 e. The quantitative estimate of drug-likeness (QED) is 0.472. The Morgan fingerprint density at radius 3 is 2.68 bits per heavy atom. The molecule has 2 atom stereocenters. The van der Waals surface area contributed by atoms with Gasteiger partial charge in [-0.2, -0.15) is 0 Å². The van der Waals surface area contributed by atoms with Crippen LogP contribution in [0.4, 0.5) is 5.69 Å². The molecule has 1 fully saturated rings. The Balaban J connectivity index is 1.57. The van der Waals surface area contributed by atoms with Crippen molar-refractivity contribution >= 4 is 28.3 Å². The summed E-state index contributed by atoms with van der Waals surface area (Å²) in [4.78, 5) is 28.4. The summed E-state index contributed by atoms with van der Waals surface area (Å²) in [6, 6.07) is 18.8. The first kappa shape index (κ1) is 25.0. The van der Waals surface area contributed by atoms with Crippen molar-refractivity contribution in [1.29, 1.82) is 0 Å². The van der Waals surface area contributed by atoms with Crippen LogP contribution >= 0.6 is 0 Å². The third kappa shape index (κ3) is 5.09. The third-order valence-electron chi connectivity index (χ3n) is 7.16. The average molecular weight is 498 g/mol. The Hall–Kier alpha value is -3.70. The maximum Gasteiger partial charge on any atom is 0.249 e. The van der Waals surface area contributed by atoms with E-state index in [0.717, 1.165) is 33.2 Å². The lowest BCUT2D eigenvalue weighted by molar-refractivity contribution is -0.140. The maximum atomic E-state index is 14.0. The van der Waals surface area contributed by atoms with Gasteiger partial charge in [0.05, 0.1) is 25.8 Å². The molecular weight excluding hydrogens is 466 g/mol. The number of carbonyl (C=O) groups is 2. The highest BCUT2D eigenvalue weighted by Gasteiger charge is 2.35. The van der Waals surface area contributed by atoms with Crippen molar-refractivity contribution in [2.24, 2.45) is 0 Å². The first-order valence-corrected chi connectivity index (χ1v) is 12.6. The molecular formula is C30H31N3O4. The summed E-state index contributed by atoms with van der Waals surface area (Å²) in [6.45, 7) is 2.43. The molecule has 3 aromatic rings. The van der Waals surface area contributed by atoms with Crippen molar-refractivity contribution in [2.45, 2.75) is 44.0 Å². The number of rotatable bonds is 5. The third-order valence-corrected chi connectivity index (χ3v) is 7.16. The van der Waals surface area contributed by atoms with Crippen LogP contribution < -0.4 is 15.5 Å². The fraction of sp³-hybridized carbons (Fsp3) is 0.333. The number of amides is 2. The molecule has 190 valence electrons. The van der Waals surface area contributed by atoms with Crippen molar-refractivity contribution < 1.29 is 19.4 Å². The fourth-order valence-corrected chi connectivity index (χ4v) is 4.77. The lowest BCUT2D eigenvalue weighted by atomic mass is 9.96. The molecule has 3 N–H and O–H groups in total. The summed E-state index contributed by atoms with van der Waals surface area (Å²) in [6.07, 6.45) is 1.19. The van der Waals surface area contributed by atoms with Gasteiger partial charge in [-0.1, -0.05) is 60.4 Å². The van der Waals surface area contributed by atoms with E-state index in [0.29, 0.717) is 12.8 Å². The number of nitrogens with one attached hydrogen (secondary N) is 2. The number of aliphatic hydroxyl groups is 1. The van der Waals surface area contributed by atoms with Gasteiger partial charge < -0.3 is 25.4 Å². The number of hydrogen-bond acceptors (Lipinski definition) is 5. The number of para-hydroxylation sites is 1. The zero-order valence-corrected chi connectivity index (χ0v) is 21.1. The molecule has 2 aliphatic heterocycles. The van der Waals surface area contributed by atoms with Gasteiger partial charge in [-0.15, -0.1) is 0 Å². The van der Waals surface area contributed by atoms with E-state index in [-0.39, 0.29) is 31.6 Å². The zero-order valence-electron chi connectivity index (χ0n) is 21.1. The largest absolute Gasteiger partial charge is 0.373 e. The highest BCUT2D eigenvalue weighted by atomic mass is 16.5. The fourth-order valence-electron chi connectivity index (χ4n) is 4.77. The lowest BCUT2D eigenvalue weighted by Crippen LogP contribution is -2.52. The van der Waals surface area contributed by atoms with Gasteiger partial charge >= 0.3 is 0 Å². The van der Waals surface area contributed by atoms with E-state index in [2.05, 4.69) is 22.5 Å². The Morgan fingerprint density at radius 2 is 1.92 bits per heavy atom. The Kier molecular flexibility index (Phi) is 6.98. The number of ether oxygens (including phenoxy) is 1. The van der Waals surface area contributed by atoms with Crippen LogP contribution in [0.25, 0.3) is 10.8 Å². The standard InChI is InChI=1S/C30H31N3O4/c1-20(31-2)28(34)32-26-14-13-23-8-4-6-10-27(23)33(29(26)35)17-25-22(15-16-30(36)18-37-19-30)12-11-21-7-3-5-9-24(21)25/h3-12,20,26,31,36H,13-14,17-19H2,1-2H3,(H,32,34)/t20-,26-/m0/s1. The molecule has 0 spiro atoms. The molecule has 0 saturated carbocycles. The van der Waals surface area contributed by atoms with E-state index in [4.69, 9.17) is 4.74 Å². The molecule has 2 heterocycles. The molecule has 2 amide bonds. The summed E-state index contributed by atoms with van der Waals surface area (Å²) >= 11 is 0. The predicted octanol–water partition coefficient (Wildman–Crippen LogP) is 2.52. The van der Waals surface area contributed by atoms with E-state index < -0.39 is 17.7 Å². The molecule has 3 aromatic carbocycles. The van der Waals surface area contributed by atoms with Crippen molar-refractivity contribution in [3.05, 3.63) is 77.4 Å². The molecule has 2 aliphatic rings. The molecule has 37 heavy (non-hydrogen) atoms. The van der Waals surface area contributed by atoms with Crippen LogP contribution in [-0.4, -0.2) is 54.9 Å². The van der Waals surface area contributed by atoms with Gasteiger partial charge in [0, 0.05) is 11.3 Å². The number of carbonyl (C=O) groups excluding carboxylic acids is 2. The van der Waals surface area contributed by atoms with Gasteiger partial charge in [0.15, 0.2) is 5.60 Å². The van der Waals surface area contributed by atoms with Crippen LogP contribution in [0.5, 0.6) is 0 Å². The average Bonchev–Trinajstić information content (AvgIpc) is 3.03. The molecule has 0 unspecified atom stereocenters. The van der Waals surface area contributed by atoms with Crippen LogP contribution in [0, 0.1) is 11.8 Å². The number of nitrogens with zero attached hydrogens (tertiary/aromatic N) is 1. The topological polar surface area (TPSA) is 90.9 Å². The van der Waals surface area contributed by atoms with E-state index >= 15 is 0 Å². The van der Waals surface area contributed by atoms with E-state index in [1.54, 1.807) is 18.9 Å². The Bertz CT molecular complexity index is 1400. The normalized spacial score (nSPS) is 19.2. The van der Waals surface area contributed by atoms with E-state index in [9.17, 15) is 14.7 Å². The van der Waals surface area contributed by atoms with Crippen LogP contribution in [0.1, 0.15) is 30.0 Å². The summed E-state index contributed by atoms with van der Waals surface area (Å²) in [5.41, 5.74) is 2.39. The van der Waals surface area contributed by atoms with Crippen molar-refractivity contribution in [3.63, 3.8) is 0 Å². The van der Waals surface area contributed by atoms with Gasteiger partial charge in [-0.05, 0) is 60.8 Å². The predicted molar refractivity (Wildman–Crippen MR) is 143 cm³/mol. The number of hydrogen-bond donors (Lipinski definition) is 3. The summed E-state index contributed by atoms with van der Waals surface area (Å²) < 4.78 is 5.14. The second kappa shape index (κ2) is 10.3. The SMILES string of the molecule is CN[C@@H](C)C(=O)N[C@H]1CCc2ccccc2N(Cc2c(C#CC3(O)COC3)ccc3ccccc23)C1=O. The second-order valence-corrected chi connectivity index (χ2v) is 9.75. The number of anilines is 1. The number of likely N-dealkylation sites (N-methyl/N-ethyl adjacent to an activating group) is 1. The summed E-state index contributed by atoms with van der Waals surface area (Å²) in [7, 11) is 1.72. The number of aryl methyl sites for hydroxylation is 1. The summed E-state index contributed by atoms with van der Waals surface area (Å²) in [5, 5.41) is 18.4. The highest BCUT2D eigenvalue weighted by molar-refractivity contribution is 6.01. The Morgan fingerprint density at radius 1 is 1.16 bits per heavy atom. The minimum Gasteiger partial charge on any atom is -0.373 e. The molecule has 1 saturated heterocycles. The molecule has 0 bridgehead atoms. The zero-order chi connectivity index (χ0) is 26.0. The minimum absolute atomic E-state index is 0.153. The molecule has 0 aromatic heterocycles. The lowest BCUT2D eigenvalue weighted by Gasteiger charge is -2.31. The van der Waals surface area contributed by atoms with Gasteiger partial charge in [-0.25, -0.2) is 0 Å². The number of fused-ring (bicyclic) bond motifs is 2. The van der Waals surface area contributed by atoms with E-state index in [1.807, 2.05) is 60.7 Å².